The molecular weight excluding hydrogens is 458 g/mol. The van der Waals surface area contributed by atoms with Gasteiger partial charge in [-0.1, -0.05) is 23.5 Å². The van der Waals surface area contributed by atoms with Gasteiger partial charge in [0, 0.05) is 31.4 Å². The van der Waals surface area contributed by atoms with Crippen LogP contribution in [0.5, 0.6) is 0 Å². The van der Waals surface area contributed by atoms with Crippen molar-refractivity contribution in [3.63, 3.8) is 0 Å². The van der Waals surface area contributed by atoms with Gasteiger partial charge in [-0.3, -0.25) is 9.69 Å². The topological polar surface area (TPSA) is 96.6 Å². The van der Waals surface area contributed by atoms with Gasteiger partial charge in [0.15, 0.2) is 9.34 Å². The van der Waals surface area contributed by atoms with Gasteiger partial charge in [0.1, 0.15) is 11.6 Å². The largest absolute Gasteiger partial charge is 0.370 e. The number of aryl methyl sites for hydroxylation is 1. The third-order valence-electron chi connectivity index (χ3n) is 5.32. The number of carbonyl (C=O) groups is 1. The summed E-state index contributed by atoms with van der Waals surface area (Å²) < 4.78 is 50.6. The molecule has 7 nitrogen and oxygen atoms in total. The maximum absolute atomic E-state index is 14.0. The van der Waals surface area contributed by atoms with Crippen LogP contribution in [0.25, 0.3) is 11.1 Å². The molecule has 11 heteroatoms. The van der Waals surface area contributed by atoms with Gasteiger partial charge in [-0.2, -0.15) is 0 Å². The molecule has 1 aromatic heterocycles. The van der Waals surface area contributed by atoms with Crippen LogP contribution in [0.3, 0.4) is 0 Å². The number of amides is 1. The van der Waals surface area contributed by atoms with E-state index in [1.165, 1.54) is 11.8 Å². The van der Waals surface area contributed by atoms with Crippen molar-refractivity contribution in [2.24, 2.45) is 11.1 Å². The van der Waals surface area contributed by atoms with Crippen LogP contribution in [0, 0.1) is 24.5 Å². The zero-order valence-corrected chi connectivity index (χ0v) is 18.9. The molecule has 2 heterocycles. The minimum Gasteiger partial charge on any atom is -0.370 e. The van der Waals surface area contributed by atoms with E-state index < -0.39 is 21.7 Å². The molecule has 0 saturated carbocycles. The van der Waals surface area contributed by atoms with Gasteiger partial charge < -0.3 is 4.90 Å². The zero-order valence-electron chi connectivity index (χ0n) is 17.2. The van der Waals surface area contributed by atoms with Crippen LogP contribution in [0.2, 0.25) is 0 Å². The fourth-order valence-electron chi connectivity index (χ4n) is 3.56. The van der Waals surface area contributed by atoms with E-state index in [0.717, 1.165) is 35.2 Å². The van der Waals surface area contributed by atoms with Crippen molar-refractivity contribution in [2.45, 2.75) is 11.1 Å². The molecule has 3 aromatic rings. The normalized spacial score (nSPS) is 14.3. The lowest BCUT2D eigenvalue weighted by Gasteiger charge is -2.41. The number of hydrogen-bond acceptors (Lipinski definition) is 6. The van der Waals surface area contributed by atoms with Crippen LogP contribution >= 0.6 is 11.3 Å². The molecule has 1 aliphatic heterocycles. The number of nitrogens with zero attached hydrogens (tertiary/aromatic N) is 3. The summed E-state index contributed by atoms with van der Waals surface area (Å²) in [6.07, 6.45) is 0. The Kier molecular flexibility index (Phi) is 5.74. The SMILES string of the molecule is Cc1nc(N(C)C(=O)C2CN(c3ccc(-c4cc(F)ccc4F)cc3)C2)sc1S(N)(=O)=O. The van der Waals surface area contributed by atoms with Gasteiger partial charge in [0.2, 0.25) is 15.9 Å². The Morgan fingerprint density at radius 3 is 2.44 bits per heavy atom. The molecule has 2 N–H and O–H groups in total. The standard InChI is InChI=1S/C21H20F2N4O3S2/c1-12-20(32(24,29)30)31-21(25-12)26(2)19(28)14-10-27(11-14)16-6-3-13(4-7-16)17-9-15(22)5-8-18(17)23/h3-9,14H,10-11H2,1-2H3,(H2,24,29,30). The average molecular weight is 479 g/mol. The molecule has 1 fully saturated rings. The summed E-state index contributed by atoms with van der Waals surface area (Å²) in [5, 5.41) is 5.46. The molecular formula is C21H20F2N4O3S2. The predicted molar refractivity (Wildman–Crippen MR) is 119 cm³/mol. The first-order chi connectivity index (χ1) is 15.0. The second-order valence-corrected chi connectivity index (χ2v) is 10.3. The van der Waals surface area contributed by atoms with E-state index in [1.54, 1.807) is 31.3 Å². The van der Waals surface area contributed by atoms with E-state index in [4.69, 9.17) is 5.14 Å². The molecule has 1 amide bonds. The molecule has 32 heavy (non-hydrogen) atoms. The lowest BCUT2D eigenvalue weighted by molar-refractivity contribution is -0.122. The Bertz CT molecular complexity index is 1290. The Labute approximate surface area is 188 Å². The minimum atomic E-state index is -3.89. The van der Waals surface area contributed by atoms with Crippen molar-refractivity contribution in [1.82, 2.24) is 4.98 Å². The number of aromatic nitrogens is 1. The van der Waals surface area contributed by atoms with E-state index in [-0.39, 0.29) is 32.4 Å². The summed E-state index contributed by atoms with van der Waals surface area (Å²) in [7, 11) is -2.34. The molecule has 0 spiro atoms. The van der Waals surface area contributed by atoms with Gasteiger partial charge in [0.25, 0.3) is 0 Å². The second-order valence-electron chi connectivity index (χ2n) is 7.58. The molecule has 1 aliphatic rings. The minimum absolute atomic E-state index is 0.0581. The number of primary sulfonamides is 1. The van der Waals surface area contributed by atoms with Gasteiger partial charge in [-0.15, -0.1) is 0 Å². The Morgan fingerprint density at radius 2 is 1.84 bits per heavy atom. The van der Waals surface area contributed by atoms with Crippen molar-refractivity contribution >= 4 is 38.1 Å². The summed E-state index contributed by atoms with van der Waals surface area (Å²) in [6.45, 7) is 2.48. The average Bonchev–Trinajstić information content (AvgIpc) is 3.11. The zero-order chi connectivity index (χ0) is 23.2. The Hall–Kier alpha value is -2.89. The second kappa shape index (κ2) is 8.23. The molecule has 0 aliphatic carbocycles. The summed E-state index contributed by atoms with van der Waals surface area (Å²) in [5.41, 5.74) is 1.87. The number of rotatable bonds is 5. The first kappa shape index (κ1) is 22.3. The van der Waals surface area contributed by atoms with E-state index in [2.05, 4.69) is 4.98 Å². The highest BCUT2D eigenvalue weighted by molar-refractivity contribution is 7.91. The van der Waals surface area contributed by atoms with Crippen molar-refractivity contribution in [3.8, 4) is 11.1 Å². The van der Waals surface area contributed by atoms with E-state index in [1.807, 2.05) is 4.90 Å². The lowest BCUT2D eigenvalue weighted by atomic mass is 9.97. The van der Waals surface area contributed by atoms with Gasteiger partial charge >= 0.3 is 0 Å². The van der Waals surface area contributed by atoms with Gasteiger partial charge in [0.05, 0.1) is 11.6 Å². The van der Waals surface area contributed by atoms with E-state index >= 15 is 0 Å². The molecule has 0 bridgehead atoms. The molecule has 1 saturated heterocycles. The van der Waals surface area contributed by atoms with Crippen molar-refractivity contribution < 1.29 is 22.0 Å². The molecule has 0 unspecified atom stereocenters. The van der Waals surface area contributed by atoms with Gasteiger partial charge in [-0.05, 0) is 42.8 Å². The van der Waals surface area contributed by atoms with Crippen molar-refractivity contribution in [2.75, 3.05) is 29.9 Å². The van der Waals surface area contributed by atoms with E-state index in [0.29, 0.717) is 18.7 Å². The number of sulfonamides is 1. The van der Waals surface area contributed by atoms with Crippen LogP contribution in [0.1, 0.15) is 5.69 Å². The number of carbonyl (C=O) groups excluding carboxylic acids is 1. The van der Waals surface area contributed by atoms with Crippen LogP contribution in [0.15, 0.2) is 46.7 Å². The monoisotopic (exact) mass is 478 g/mol. The lowest BCUT2D eigenvalue weighted by Crippen LogP contribution is -2.54. The van der Waals surface area contributed by atoms with Gasteiger partial charge in [-0.25, -0.2) is 27.3 Å². The summed E-state index contributed by atoms with van der Waals surface area (Å²) in [4.78, 5) is 20.3. The first-order valence-electron chi connectivity index (χ1n) is 9.63. The maximum Gasteiger partial charge on any atom is 0.249 e. The number of benzene rings is 2. The summed E-state index contributed by atoms with van der Waals surface area (Å²) in [5.74, 6) is -1.46. The van der Waals surface area contributed by atoms with Crippen molar-refractivity contribution in [3.05, 3.63) is 59.8 Å². The maximum atomic E-state index is 14.0. The first-order valence-corrected chi connectivity index (χ1v) is 12.0. The Morgan fingerprint density at radius 1 is 1.19 bits per heavy atom. The number of thiazole rings is 1. The third kappa shape index (κ3) is 4.23. The van der Waals surface area contributed by atoms with Crippen LogP contribution in [0.4, 0.5) is 19.6 Å². The molecule has 0 atom stereocenters. The third-order valence-corrected chi connectivity index (χ3v) is 8.11. The Balaban J connectivity index is 1.41. The number of anilines is 2. The number of halogens is 2. The van der Waals surface area contributed by atoms with Crippen LogP contribution in [-0.2, 0) is 14.8 Å². The molecule has 0 radical (unpaired) electrons. The number of hydrogen-bond donors (Lipinski definition) is 1. The smallest absolute Gasteiger partial charge is 0.249 e. The summed E-state index contributed by atoms with van der Waals surface area (Å²) >= 11 is 0.864. The molecule has 4 rings (SSSR count). The quantitative estimate of drug-likeness (QED) is 0.608. The molecule has 2 aromatic carbocycles. The highest BCUT2D eigenvalue weighted by atomic mass is 32.2. The van der Waals surface area contributed by atoms with E-state index in [9.17, 15) is 22.0 Å². The highest BCUT2D eigenvalue weighted by Gasteiger charge is 2.36. The number of nitrogens with two attached hydrogens (primary N) is 1. The van der Waals surface area contributed by atoms with Crippen LogP contribution in [-0.4, -0.2) is 39.4 Å². The highest BCUT2D eigenvalue weighted by Crippen LogP contribution is 2.32. The predicted octanol–water partition coefficient (Wildman–Crippen LogP) is 3.14. The molecule has 168 valence electrons. The van der Waals surface area contributed by atoms with Crippen molar-refractivity contribution in [1.29, 1.82) is 0 Å². The fraction of sp³-hybridized carbons (Fsp3) is 0.238. The summed E-state index contributed by atoms with van der Waals surface area (Å²) in [6, 6.07) is 10.3. The fourth-order valence-corrected chi connectivity index (χ4v) is 5.47. The van der Waals surface area contributed by atoms with Crippen LogP contribution < -0.4 is 14.9 Å².